The largest absolute Gasteiger partial charge is 0.373 e. The molecule has 236 valence electrons. The standard InChI is InChI=1S/C34H37F3N6OS/c1-21-10-16-41(17-11-21)24-12-18-42(19-13-24)34-39-30(26-20-23(7-6-22(26)2)33(45)38-15-14-35)25-8-9-29(44)43(32(25)40-34)31-27(36)4-3-5-28(31)37/h3-9,20-21,24H,10-19H2,1-2H3,(H,38,45). The van der Waals surface area contributed by atoms with E-state index in [1.54, 1.807) is 6.07 Å². The quantitative estimate of drug-likeness (QED) is 0.252. The second-order valence-electron chi connectivity index (χ2n) is 12.1. The third-order valence-electron chi connectivity index (χ3n) is 9.12. The van der Waals surface area contributed by atoms with Gasteiger partial charge in [-0.2, -0.15) is 4.98 Å². The summed E-state index contributed by atoms with van der Waals surface area (Å²) < 4.78 is 44.2. The van der Waals surface area contributed by atoms with Crippen molar-refractivity contribution in [3.05, 3.63) is 81.6 Å². The molecular formula is C34H37F3N6OS. The lowest BCUT2D eigenvalue weighted by atomic mass is 9.95. The first-order valence-electron chi connectivity index (χ1n) is 15.6. The van der Waals surface area contributed by atoms with Gasteiger partial charge in [0.2, 0.25) is 5.95 Å². The molecule has 7 nitrogen and oxygen atoms in total. The lowest BCUT2D eigenvalue weighted by molar-refractivity contribution is 0.120. The van der Waals surface area contributed by atoms with E-state index in [1.165, 1.54) is 25.0 Å². The number of hydrogen-bond acceptors (Lipinski definition) is 6. The molecule has 1 N–H and O–H groups in total. The van der Waals surface area contributed by atoms with Crippen molar-refractivity contribution in [2.24, 2.45) is 5.92 Å². The number of likely N-dealkylation sites (tertiary alicyclic amines) is 1. The number of aromatic nitrogens is 3. The Morgan fingerprint density at radius 2 is 1.69 bits per heavy atom. The SMILES string of the molecule is Cc1ccc(C(=S)NCCF)cc1-c1nc(N2CCC(N3CCC(C)CC3)CC2)nc2c1ccc(=O)n2-c1c(F)cccc1F. The summed E-state index contributed by atoms with van der Waals surface area (Å²) in [6.07, 6.45) is 4.31. The van der Waals surface area contributed by atoms with Gasteiger partial charge in [0.05, 0.1) is 5.69 Å². The number of hydrogen-bond donors (Lipinski definition) is 1. The van der Waals surface area contributed by atoms with Crippen LogP contribution in [0, 0.1) is 24.5 Å². The Labute approximate surface area is 266 Å². The van der Waals surface area contributed by atoms with Crippen molar-refractivity contribution < 1.29 is 13.2 Å². The lowest BCUT2D eigenvalue weighted by Gasteiger charge is -2.41. The van der Waals surface area contributed by atoms with Crippen molar-refractivity contribution in [3.63, 3.8) is 0 Å². The van der Waals surface area contributed by atoms with Crippen LogP contribution in [0.25, 0.3) is 28.0 Å². The summed E-state index contributed by atoms with van der Waals surface area (Å²) in [5.74, 6) is -0.587. The molecule has 11 heteroatoms. The molecular weight excluding hydrogens is 597 g/mol. The van der Waals surface area contributed by atoms with Crippen molar-refractivity contribution in [2.45, 2.75) is 45.6 Å². The van der Waals surface area contributed by atoms with Crippen LogP contribution in [-0.2, 0) is 0 Å². The fraction of sp³-hybridized carbons (Fsp3) is 0.412. The molecule has 2 saturated heterocycles. The highest BCUT2D eigenvalue weighted by atomic mass is 32.1. The van der Waals surface area contributed by atoms with Gasteiger partial charge in [-0.1, -0.05) is 37.3 Å². The molecule has 0 radical (unpaired) electrons. The summed E-state index contributed by atoms with van der Waals surface area (Å²) in [6.45, 7) is 7.43. The van der Waals surface area contributed by atoms with Crippen LogP contribution in [0.5, 0.6) is 0 Å². The van der Waals surface area contributed by atoms with Gasteiger partial charge < -0.3 is 15.1 Å². The molecule has 2 fully saturated rings. The predicted molar refractivity (Wildman–Crippen MR) is 176 cm³/mol. The van der Waals surface area contributed by atoms with Crippen LogP contribution < -0.4 is 15.8 Å². The van der Waals surface area contributed by atoms with Gasteiger partial charge in [-0.15, -0.1) is 0 Å². The van der Waals surface area contributed by atoms with Gasteiger partial charge in [0.25, 0.3) is 5.56 Å². The maximum Gasteiger partial charge on any atom is 0.256 e. The number of thiocarbonyl (C=S) groups is 1. The van der Waals surface area contributed by atoms with Gasteiger partial charge in [-0.05, 0) is 81.4 Å². The number of aryl methyl sites for hydroxylation is 1. The molecule has 2 aromatic carbocycles. The second kappa shape index (κ2) is 13.3. The minimum Gasteiger partial charge on any atom is -0.373 e. The van der Waals surface area contributed by atoms with E-state index in [1.807, 2.05) is 25.1 Å². The van der Waals surface area contributed by atoms with E-state index in [0.29, 0.717) is 46.7 Å². The Kier molecular flexibility index (Phi) is 9.18. The number of para-hydroxylation sites is 1. The van der Waals surface area contributed by atoms with E-state index in [9.17, 15) is 9.18 Å². The monoisotopic (exact) mass is 634 g/mol. The molecule has 2 aliphatic rings. The van der Waals surface area contributed by atoms with E-state index in [2.05, 4.69) is 22.0 Å². The van der Waals surface area contributed by atoms with Gasteiger partial charge in [0.1, 0.15) is 29.0 Å². The third-order valence-corrected chi connectivity index (χ3v) is 9.50. The minimum atomic E-state index is -0.870. The number of nitrogens with one attached hydrogen (secondary N) is 1. The molecule has 2 aliphatic heterocycles. The molecule has 0 amide bonds. The number of halogens is 3. The lowest BCUT2D eigenvalue weighted by Crippen LogP contribution is -2.48. The first-order chi connectivity index (χ1) is 21.7. The number of anilines is 1. The molecule has 0 atom stereocenters. The molecule has 6 rings (SSSR count). The van der Waals surface area contributed by atoms with E-state index >= 15 is 8.78 Å². The molecule has 0 spiro atoms. The van der Waals surface area contributed by atoms with Crippen LogP contribution >= 0.6 is 12.2 Å². The third kappa shape index (κ3) is 6.33. The molecule has 0 aliphatic carbocycles. The summed E-state index contributed by atoms with van der Waals surface area (Å²) in [4.78, 5) is 28.3. The van der Waals surface area contributed by atoms with Gasteiger partial charge in [-0.25, -0.2) is 18.2 Å². The van der Waals surface area contributed by atoms with E-state index in [-0.39, 0.29) is 12.2 Å². The predicted octanol–water partition coefficient (Wildman–Crippen LogP) is 5.97. The van der Waals surface area contributed by atoms with Crippen molar-refractivity contribution in [2.75, 3.05) is 44.3 Å². The fourth-order valence-electron chi connectivity index (χ4n) is 6.47. The van der Waals surface area contributed by atoms with Crippen molar-refractivity contribution in [3.8, 4) is 16.9 Å². The van der Waals surface area contributed by atoms with E-state index in [0.717, 1.165) is 59.7 Å². The molecule has 4 heterocycles. The van der Waals surface area contributed by atoms with Crippen LogP contribution in [0.15, 0.2) is 53.3 Å². The number of rotatable bonds is 7. The zero-order valence-corrected chi connectivity index (χ0v) is 26.3. The first kappa shape index (κ1) is 31.2. The Morgan fingerprint density at radius 1 is 0.978 bits per heavy atom. The molecule has 45 heavy (non-hydrogen) atoms. The maximum atomic E-state index is 15.2. The number of nitrogens with zero attached hydrogens (tertiary/aromatic N) is 5. The second-order valence-corrected chi connectivity index (χ2v) is 12.5. The van der Waals surface area contributed by atoms with Gasteiger partial charge in [0, 0.05) is 48.3 Å². The van der Waals surface area contributed by atoms with Gasteiger partial charge in [0.15, 0.2) is 5.65 Å². The summed E-state index contributed by atoms with van der Waals surface area (Å²) in [5, 5.41) is 3.37. The van der Waals surface area contributed by atoms with E-state index in [4.69, 9.17) is 22.2 Å². The average molecular weight is 635 g/mol. The zero-order valence-electron chi connectivity index (χ0n) is 25.5. The highest BCUT2D eigenvalue weighted by Gasteiger charge is 2.29. The van der Waals surface area contributed by atoms with Crippen LogP contribution in [0.1, 0.15) is 43.7 Å². The number of alkyl halides is 1. The Hall–Kier alpha value is -3.83. The molecule has 0 unspecified atom stereocenters. The fourth-order valence-corrected chi connectivity index (χ4v) is 6.70. The normalized spacial score (nSPS) is 16.8. The van der Waals surface area contributed by atoms with Crippen molar-refractivity contribution in [1.82, 2.24) is 24.8 Å². The van der Waals surface area contributed by atoms with Crippen LogP contribution in [0.4, 0.5) is 19.1 Å². The highest BCUT2D eigenvalue weighted by Crippen LogP contribution is 2.33. The molecule has 2 aromatic heterocycles. The smallest absolute Gasteiger partial charge is 0.256 e. The topological polar surface area (TPSA) is 66.3 Å². The molecule has 0 saturated carbocycles. The number of fused-ring (bicyclic) bond motifs is 1. The maximum absolute atomic E-state index is 15.2. The van der Waals surface area contributed by atoms with E-state index < -0.39 is 29.6 Å². The van der Waals surface area contributed by atoms with Crippen LogP contribution in [-0.4, -0.2) is 69.9 Å². The summed E-state index contributed by atoms with van der Waals surface area (Å²) >= 11 is 5.51. The molecule has 0 bridgehead atoms. The number of pyridine rings is 1. The van der Waals surface area contributed by atoms with Crippen molar-refractivity contribution >= 4 is 34.2 Å². The summed E-state index contributed by atoms with van der Waals surface area (Å²) in [7, 11) is 0. The minimum absolute atomic E-state index is 0.0928. The zero-order chi connectivity index (χ0) is 31.7. The Morgan fingerprint density at radius 3 is 2.38 bits per heavy atom. The Bertz CT molecular complexity index is 1760. The van der Waals surface area contributed by atoms with Gasteiger partial charge >= 0.3 is 0 Å². The first-order valence-corrected chi connectivity index (χ1v) is 16.0. The van der Waals surface area contributed by atoms with Crippen LogP contribution in [0.2, 0.25) is 0 Å². The van der Waals surface area contributed by atoms with Gasteiger partial charge in [-0.3, -0.25) is 9.36 Å². The Balaban J connectivity index is 1.48. The summed E-state index contributed by atoms with van der Waals surface area (Å²) in [5.41, 5.74) is 1.82. The highest BCUT2D eigenvalue weighted by molar-refractivity contribution is 7.80. The van der Waals surface area contributed by atoms with Crippen LogP contribution in [0.3, 0.4) is 0 Å². The number of piperidine rings is 2. The number of benzene rings is 2. The summed E-state index contributed by atoms with van der Waals surface area (Å²) in [6, 6.07) is 12.5. The average Bonchev–Trinajstić information content (AvgIpc) is 3.04. The molecule has 4 aromatic rings. The van der Waals surface area contributed by atoms with Crippen molar-refractivity contribution in [1.29, 1.82) is 0 Å².